The highest BCUT2D eigenvalue weighted by Crippen LogP contribution is 2.62. The molecule has 14 heteroatoms. The molecule has 0 amide bonds. The van der Waals surface area contributed by atoms with Gasteiger partial charge in [0.2, 0.25) is 0 Å². The highest BCUT2D eigenvalue weighted by atomic mass is 16.8. The smallest absolute Gasteiger partial charge is 0.187 e. The van der Waals surface area contributed by atoms with Crippen LogP contribution in [-0.2, 0) is 28.4 Å². The van der Waals surface area contributed by atoms with Crippen LogP contribution in [0.5, 0.6) is 0 Å². The maximum absolute atomic E-state index is 11.5. The first-order valence-corrected chi connectivity index (χ1v) is 18.9. The molecule has 5 aliphatic rings. The minimum atomic E-state index is -1.71. The van der Waals surface area contributed by atoms with Gasteiger partial charge in [0.1, 0.15) is 54.9 Å². The average Bonchev–Trinajstić information content (AvgIpc) is 3.10. The third-order valence-electron chi connectivity index (χ3n) is 13.6. The van der Waals surface area contributed by atoms with Crippen molar-refractivity contribution in [3.05, 3.63) is 24.3 Å². The summed E-state index contributed by atoms with van der Waals surface area (Å²) in [4.78, 5) is 0. The van der Waals surface area contributed by atoms with E-state index in [1.165, 1.54) is 19.4 Å². The maximum Gasteiger partial charge on any atom is 0.187 e. The van der Waals surface area contributed by atoms with Gasteiger partial charge in [-0.3, -0.25) is 0 Å². The van der Waals surface area contributed by atoms with Crippen LogP contribution in [0.25, 0.3) is 0 Å². The van der Waals surface area contributed by atoms with E-state index < -0.39 is 104 Å². The van der Waals surface area contributed by atoms with Gasteiger partial charge in [0.15, 0.2) is 18.9 Å². The molecule has 0 bridgehead atoms. The van der Waals surface area contributed by atoms with E-state index in [4.69, 9.17) is 28.4 Å². The van der Waals surface area contributed by atoms with Gasteiger partial charge in [-0.05, 0) is 84.0 Å². The fourth-order valence-corrected chi connectivity index (χ4v) is 9.32. The summed E-state index contributed by atoms with van der Waals surface area (Å²) in [6.45, 7) is 19.4. The van der Waals surface area contributed by atoms with Crippen LogP contribution < -0.4 is 0 Å². The topological polar surface area (TPSA) is 217 Å². The third-order valence-corrected chi connectivity index (χ3v) is 13.6. The molecule has 3 aliphatic heterocycles. The summed E-state index contributed by atoms with van der Waals surface area (Å²) in [6.07, 6.45) is -13.6. The van der Waals surface area contributed by atoms with Crippen molar-refractivity contribution in [1.82, 2.24) is 0 Å². The molecule has 0 radical (unpaired) electrons. The van der Waals surface area contributed by atoms with Gasteiger partial charge in [-0.2, -0.15) is 0 Å². The van der Waals surface area contributed by atoms with Gasteiger partial charge in [-0.15, -0.1) is 6.58 Å². The SMILES string of the molecule is C=CC(C)(CCC1(C)C(C)CC(O)C2(C)C(C)=CCCC12)OC1OC(C)C(O)C(OC2OC(C)C(O)C(O)C2O)C1OC1OC(C)C(O)C(O)C1O. The van der Waals surface area contributed by atoms with E-state index in [1.807, 2.05) is 6.92 Å². The Morgan fingerprint density at radius 2 is 1.27 bits per heavy atom. The molecule has 0 aromatic heterocycles. The molecule has 0 spiro atoms. The number of rotatable bonds is 10. The van der Waals surface area contributed by atoms with E-state index in [9.17, 15) is 40.9 Å². The van der Waals surface area contributed by atoms with Gasteiger partial charge in [-0.1, -0.05) is 38.5 Å². The minimum absolute atomic E-state index is 0.167. The van der Waals surface area contributed by atoms with Crippen molar-refractivity contribution in [1.29, 1.82) is 0 Å². The molecule has 3 heterocycles. The quantitative estimate of drug-likeness (QED) is 0.147. The van der Waals surface area contributed by atoms with Crippen molar-refractivity contribution >= 4 is 0 Å². The third kappa shape index (κ3) is 7.56. The Hall–Kier alpha value is -1.08. The molecule has 8 N–H and O–H groups in total. The first-order valence-electron chi connectivity index (χ1n) is 18.9. The molecule has 3 saturated heterocycles. The fraction of sp³-hybridized carbons (Fsp3) is 0.895. The van der Waals surface area contributed by atoms with E-state index in [1.54, 1.807) is 13.0 Å². The Morgan fingerprint density at radius 3 is 1.81 bits per heavy atom. The second kappa shape index (κ2) is 15.8. The van der Waals surface area contributed by atoms with Crippen LogP contribution in [0.4, 0.5) is 0 Å². The molecule has 5 rings (SSSR count). The van der Waals surface area contributed by atoms with Crippen LogP contribution in [0, 0.1) is 22.7 Å². The predicted octanol–water partition coefficient (Wildman–Crippen LogP) is 1.03. The Bertz CT molecular complexity index is 1270. The molecule has 300 valence electrons. The Labute approximate surface area is 307 Å². The molecule has 0 aromatic carbocycles. The lowest BCUT2D eigenvalue weighted by Crippen LogP contribution is -2.66. The number of aliphatic hydroxyl groups is 8. The van der Waals surface area contributed by atoms with Crippen LogP contribution in [-0.4, -0.2) is 145 Å². The van der Waals surface area contributed by atoms with E-state index in [-0.39, 0.29) is 22.7 Å². The standard InChI is InChI=1S/C38H64O14/c1-10-36(7,14-15-37(8)18(3)16-23(39)38(9)17(2)12-11-13-22(37)38)52-35-32(51-34-30(46)28(44)25(41)20(5)48-34)31(26(42)21(6)49-35)50-33-29(45)27(43)24(40)19(4)47-33/h10,12,18-35,39-46H,1,11,13-16H2,2-9H3. The summed E-state index contributed by atoms with van der Waals surface area (Å²) < 4.78 is 36.8. The summed E-state index contributed by atoms with van der Waals surface area (Å²) in [5.41, 5.74) is -0.346. The number of aliphatic hydroxyl groups excluding tert-OH is 8. The Morgan fingerprint density at radius 1 is 0.769 bits per heavy atom. The molecular weight excluding hydrogens is 680 g/mol. The fourth-order valence-electron chi connectivity index (χ4n) is 9.32. The van der Waals surface area contributed by atoms with Gasteiger partial charge in [0.25, 0.3) is 0 Å². The largest absolute Gasteiger partial charge is 0.392 e. The van der Waals surface area contributed by atoms with Crippen molar-refractivity contribution in [3.63, 3.8) is 0 Å². The number of allylic oxidation sites excluding steroid dienone is 1. The second-order valence-corrected chi connectivity index (χ2v) is 16.9. The maximum atomic E-state index is 11.5. The molecule has 52 heavy (non-hydrogen) atoms. The zero-order valence-electron chi connectivity index (χ0n) is 31.8. The Kier molecular flexibility index (Phi) is 12.8. The monoisotopic (exact) mass is 744 g/mol. The number of hydrogen-bond donors (Lipinski definition) is 8. The molecule has 1 saturated carbocycles. The first kappa shape index (κ1) is 42.1. The lowest BCUT2D eigenvalue weighted by atomic mass is 9.46. The van der Waals surface area contributed by atoms with E-state index in [2.05, 4.69) is 40.3 Å². The number of fused-ring (bicyclic) bond motifs is 1. The van der Waals surface area contributed by atoms with Gasteiger partial charge >= 0.3 is 0 Å². The normalized spacial score (nSPS) is 52.7. The molecule has 21 atom stereocenters. The van der Waals surface area contributed by atoms with Crippen molar-refractivity contribution in [2.75, 3.05) is 0 Å². The molecule has 0 aromatic rings. The van der Waals surface area contributed by atoms with Gasteiger partial charge in [0.05, 0.1) is 30.0 Å². The Balaban J connectivity index is 1.44. The first-order chi connectivity index (χ1) is 24.2. The number of hydrogen-bond acceptors (Lipinski definition) is 14. The van der Waals surface area contributed by atoms with Crippen LogP contribution in [0.15, 0.2) is 24.3 Å². The zero-order chi connectivity index (χ0) is 38.7. The predicted molar refractivity (Wildman–Crippen MR) is 186 cm³/mol. The van der Waals surface area contributed by atoms with Crippen molar-refractivity contribution in [2.24, 2.45) is 22.7 Å². The van der Waals surface area contributed by atoms with Crippen molar-refractivity contribution in [3.8, 4) is 0 Å². The highest BCUT2D eigenvalue weighted by molar-refractivity contribution is 5.23. The lowest BCUT2D eigenvalue weighted by molar-refractivity contribution is -0.393. The molecule has 14 nitrogen and oxygen atoms in total. The molecular formula is C38H64O14. The van der Waals surface area contributed by atoms with Crippen LogP contribution >= 0.6 is 0 Å². The van der Waals surface area contributed by atoms with Crippen molar-refractivity contribution < 1.29 is 69.3 Å². The van der Waals surface area contributed by atoms with Gasteiger partial charge in [-0.25, -0.2) is 0 Å². The van der Waals surface area contributed by atoms with Crippen molar-refractivity contribution in [2.45, 2.75) is 191 Å². The summed E-state index contributed by atoms with van der Waals surface area (Å²) >= 11 is 0. The van der Waals surface area contributed by atoms with Gasteiger partial charge in [0, 0.05) is 5.41 Å². The van der Waals surface area contributed by atoms with Crippen LogP contribution in [0.3, 0.4) is 0 Å². The summed E-state index contributed by atoms with van der Waals surface area (Å²) in [5.74, 6) is 0.432. The highest BCUT2D eigenvalue weighted by Gasteiger charge is 2.58. The summed E-state index contributed by atoms with van der Waals surface area (Å²) in [6, 6.07) is 0. The summed E-state index contributed by atoms with van der Waals surface area (Å²) in [5, 5.41) is 86.2. The summed E-state index contributed by atoms with van der Waals surface area (Å²) in [7, 11) is 0. The number of ether oxygens (including phenoxy) is 6. The molecule has 4 fully saturated rings. The molecule has 2 aliphatic carbocycles. The average molecular weight is 745 g/mol. The van der Waals surface area contributed by atoms with Crippen LogP contribution in [0.2, 0.25) is 0 Å². The molecule has 21 unspecified atom stereocenters. The van der Waals surface area contributed by atoms with Crippen LogP contribution in [0.1, 0.15) is 87.5 Å². The lowest BCUT2D eigenvalue weighted by Gasteiger charge is -2.60. The zero-order valence-corrected chi connectivity index (χ0v) is 31.8. The second-order valence-electron chi connectivity index (χ2n) is 16.9. The minimum Gasteiger partial charge on any atom is -0.392 e. The van der Waals surface area contributed by atoms with E-state index in [0.29, 0.717) is 12.8 Å². The van der Waals surface area contributed by atoms with Gasteiger partial charge < -0.3 is 69.3 Å². The van der Waals surface area contributed by atoms with E-state index >= 15 is 0 Å². The van der Waals surface area contributed by atoms with E-state index in [0.717, 1.165) is 19.3 Å².